The van der Waals surface area contributed by atoms with Gasteiger partial charge in [-0.1, -0.05) is 66.1 Å². The van der Waals surface area contributed by atoms with Crippen LogP contribution in [0, 0.1) is 16.7 Å². The minimum absolute atomic E-state index is 0.290. The molecule has 0 aliphatic carbocycles. The SMILES string of the molecule is C=CC.CC.CC.CC.CCC1CC2(CCN(c3ccc(C(=O)O)cc3)CC2)CN1c1ccc(C#N)c(Cl)c1. The molecule has 6 heteroatoms. The molecule has 0 saturated carbocycles. The van der Waals surface area contributed by atoms with Crippen LogP contribution in [0.25, 0.3) is 0 Å². The average molecular weight is 556 g/mol. The van der Waals surface area contributed by atoms with E-state index in [1.54, 1.807) is 18.2 Å². The maximum absolute atomic E-state index is 11.1. The molecule has 0 radical (unpaired) electrons. The number of halogens is 1. The Bertz CT molecular complexity index is 1020. The average Bonchev–Trinajstić information content (AvgIpc) is 3.35. The highest BCUT2D eigenvalue weighted by molar-refractivity contribution is 6.32. The van der Waals surface area contributed by atoms with Crippen LogP contribution in [0.15, 0.2) is 55.1 Å². The zero-order valence-corrected chi connectivity index (χ0v) is 26.2. The van der Waals surface area contributed by atoms with Crippen molar-refractivity contribution in [3.63, 3.8) is 0 Å². The predicted octanol–water partition coefficient (Wildman–Crippen LogP) is 9.46. The normalized spacial score (nSPS) is 16.5. The van der Waals surface area contributed by atoms with Crippen molar-refractivity contribution in [1.82, 2.24) is 0 Å². The molecule has 1 spiro atoms. The molecule has 1 unspecified atom stereocenters. The third kappa shape index (κ3) is 9.93. The number of hydrogen-bond donors (Lipinski definition) is 1. The number of allylic oxidation sites excluding steroid dienone is 1. The van der Waals surface area contributed by atoms with Gasteiger partial charge >= 0.3 is 5.97 Å². The molecule has 2 fully saturated rings. The maximum Gasteiger partial charge on any atom is 0.335 e. The van der Waals surface area contributed by atoms with Crippen LogP contribution in [-0.2, 0) is 0 Å². The first-order valence-electron chi connectivity index (χ1n) is 14.5. The van der Waals surface area contributed by atoms with Crippen LogP contribution in [-0.4, -0.2) is 36.8 Å². The highest BCUT2D eigenvalue weighted by Gasteiger charge is 2.45. The summed E-state index contributed by atoms with van der Waals surface area (Å²) in [6.07, 6.45) is 6.24. The molecule has 2 aliphatic heterocycles. The van der Waals surface area contributed by atoms with Crippen LogP contribution in [0.1, 0.15) is 97.0 Å². The van der Waals surface area contributed by atoms with Crippen LogP contribution in [0.5, 0.6) is 0 Å². The fraction of sp³-hybridized carbons (Fsp3) is 0.515. The van der Waals surface area contributed by atoms with Crippen molar-refractivity contribution in [2.24, 2.45) is 5.41 Å². The van der Waals surface area contributed by atoms with Gasteiger partial charge < -0.3 is 14.9 Å². The number of carbonyl (C=O) groups is 1. The minimum Gasteiger partial charge on any atom is -0.478 e. The molecule has 2 heterocycles. The van der Waals surface area contributed by atoms with Crippen LogP contribution >= 0.6 is 11.6 Å². The van der Waals surface area contributed by atoms with E-state index in [-0.39, 0.29) is 0 Å². The van der Waals surface area contributed by atoms with E-state index in [4.69, 9.17) is 22.0 Å². The molecular formula is C33H50ClN3O2. The number of nitriles is 1. The Kier molecular flexibility index (Phi) is 17.7. The van der Waals surface area contributed by atoms with E-state index in [0.717, 1.165) is 50.3 Å². The van der Waals surface area contributed by atoms with Gasteiger partial charge in [0.05, 0.1) is 16.1 Å². The van der Waals surface area contributed by atoms with E-state index in [0.29, 0.717) is 27.6 Å². The number of anilines is 2. The minimum atomic E-state index is -0.890. The number of hydrogen-bond acceptors (Lipinski definition) is 4. The van der Waals surface area contributed by atoms with Gasteiger partial charge in [-0.2, -0.15) is 5.26 Å². The van der Waals surface area contributed by atoms with Gasteiger partial charge in [-0.25, -0.2) is 4.79 Å². The highest BCUT2D eigenvalue weighted by atomic mass is 35.5. The highest BCUT2D eigenvalue weighted by Crippen LogP contribution is 2.46. The Labute approximate surface area is 243 Å². The first kappa shape index (κ1) is 36.0. The summed E-state index contributed by atoms with van der Waals surface area (Å²) in [5.74, 6) is -0.890. The van der Waals surface area contributed by atoms with Gasteiger partial charge in [-0.15, -0.1) is 6.58 Å². The largest absolute Gasteiger partial charge is 0.478 e. The number of carboxylic acids is 1. The van der Waals surface area contributed by atoms with Gasteiger partial charge in [0.2, 0.25) is 0 Å². The Balaban J connectivity index is 0.00000145. The molecule has 2 aliphatic rings. The van der Waals surface area contributed by atoms with Crippen molar-refractivity contribution in [2.75, 3.05) is 29.4 Å². The van der Waals surface area contributed by atoms with E-state index >= 15 is 0 Å². The number of rotatable bonds is 4. The van der Waals surface area contributed by atoms with E-state index in [9.17, 15) is 4.79 Å². The molecule has 216 valence electrons. The molecule has 2 saturated heterocycles. The smallest absolute Gasteiger partial charge is 0.335 e. The first-order valence-corrected chi connectivity index (χ1v) is 14.9. The summed E-state index contributed by atoms with van der Waals surface area (Å²) >= 11 is 6.30. The van der Waals surface area contributed by atoms with E-state index < -0.39 is 5.97 Å². The number of aromatic carboxylic acids is 1. The predicted molar refractivity (Wildman–Crippen MR) is 169 cm³/mol. The van der Waals surface area contributed by atoms with Gasteiger partial charge in [0.15, 0.2) is 0 Å². The molecule has 0 bridgehead atoms. The van der Waals surface area contributed by atoms with E-state index in [1.807, 2.05) is 78.8 Å². The van der Waals surface area contributed by atoms with Crippen LogP contribution in [0.2, 0.25) is 5.02 Å². The standard InChI is InChI=1S/C24H26ClN3O2.C3H6.3C2H6/c1-2-19-14-24(16-28(19)21-8-5-18(15-26)22(25)13-21)9-11-27(12-10-24)20-6-3-17(4-7-20)23(29)30;1-3-2;3*1-2/h3-8,13,19H,2,9-12,14,16H2,1H3,(H,29,30);3H,1H2,2H3;3*1-2H3. The Morgan fingerprint density at radius 3 is 2.03 bits per heavy atom. The topological polar surface area (TPSA) is 67.6 Å². The lowest BCUT2D eigenvalue weighted by molar-refractivity contribution is 0.0697. The molecule has 1 N–H and O–H groups in total. The molecule has 4 rings (SSSR count). The monoisotopic (exact) mass is 555 g/mol. The second-order valence-corrected chi connectivity index (χ2v) is 9.32. The van der Waals surface area contributed by atoms with Crippen LogP contribution < -0.4 is 9.80 Å². The van der Waals surface area contributed by atoms with Crippen molar-refractivity contribution >= 4 is 28.9 Å². The van der Waals surface area contributed by atoms with Crippen LogP contribution in [0.4, 0.5) is 11.4 Å². The molecule has 5 nitrogen and oxygen atoms in total. The summed E-state index contributed by atoms with van der Waals surface area (Å²) in [7, 11) is 0. The maximum atomic E-state index is 11.1. The first-order chi connectivity index (χ1) is 18.9. The van der Waals surface area contributed by atoms with Gasteiger partial charge in [0.1, 0.15) is 6.07 Å². The van der Waals surface area contributed by atoms with Gasteiger partial charge in [0.25, 0.3) is 0 Å². The third-order valence-corrected chi connectivity index (χ3v) is 7.11. The van der Waals surface area contributed by atoms with Crippen molar-refractivity contribution in [3.05, 3.63) is 71.3 Å². The Morgan fingerprint density at radius 1 is 1.08 bits per heavy atom. The molecule has 0 amide bonds. The van der Waals surface area contributed by atoms with Gasteiger partial charge in [-0.3, -0.25) is 0 Å². The lowest BCUT2D eigenvalue weighted by atomic mass is 9.76. The van der Waals surface area contributed by atoms with Crippen molar-refractivity contribution in [3.8, 4) is 6.07 Å². The van der Waals surface area contributed by atoms with Crippen molar-refractivity contribution in [2.45, 2.75) is 87.1 Å². The molecule has 0 aromatic heterocycles. The summed E-state index contributed by atoms with van der Waals surface area (Å²) in [4.78, 5) is 15.9. The summed E-state index contributed by atoms with van der Waals surface area (Å²) < 4.78 is 0. The fourth-order valence-corrected chi connectivity index (χ4v) is 5.24. The second kappa shape index (κ2) is 19.1. The fourth-order valence-electron chi connectivity index (χ4n) is 5.02. The number of nitrogens with zero attached hydrogens (tertiary/aromatic N) is 3. The second-order valence-electron chi connectivity index (χ2n) is 8.92. The summed E-state index contributed by atoms with van der Waals surface area (Å²) in [5.41, 5.74) is 3.33. The number of piperidine rings is 1. The molecule has 1 atom stereocenters. The summed E-state index contributed by atoms with van der Waals surface area (Å²) in [6.45, 7) is 22.5. The van der Waals surface area contributed by atoms with Gasteiger partial charge in [-0.05, 0) is 80.5 Å². The van der Waals surface area contributed by atoms with Crippen molar-refractivity contribution in [1.29, 1.82) is 5.26 Å². The number of benzene rings is 2. The van der Waals surface area contributed by atoms with Gasteiger partial charge in [0, 0.05) is 37.1 Å². The quantitative estimate of drug-likeness (QED) is 0.380. The molecule has 39 heavy (non-hydrogen) atoms. The molecule has 2 aromatic carbocycles. The number of carboxylic acid groups (broad SMARTS) is 1. The lowest BCUT2D eigenvalue weighted by Gasteiger charge is -2.40. The van der Waals surface area contributed by atoms with E-state index in [2.05, 4.69) is 29.4 Å². The Morgan fingerprint density at radius 2 is 1.59 bits per heavy atom. The zero-order valence-electron chi connectivity index (χ0n) is 25.4. The summed E-state index contributed by atoms with van der Waals surface area (Å²) in [5, 5.41) is 18.8. The molecule has 2 aromatic rings. The summed E-state index contributed by atoms with van der Waals surface area (Å²) in [6, 6.07) is 15.6. The van der Waals surface area contributed by atoms with Crippen LogP contribution in [0.3, 0.4) is 0 Å². The van der Waals surface area contributed by atoms with Crippen molar-refractivity contribution < 1.29 is 9.90 Å². The Hall–Kier alpha value is -2.97. The zero-order chi connectivity index (χ0) is 30.0. The van der Waals surface area contributed by atoms with E-state index in [1.165, 1.54) is 6.42 Å². The third-order valence-electron chi connectivity index (χ3n) is 6.79. The lowest BCUT2D eigenvalue weighted by Crippen LogP contribution is -2.41. The molecular weight excluding hydrogens is 506 g/mol.